The van der Waals surface area contributed by atoms with Crippen molar-refractivity contribution in [3.8, 4) is 0 Å². The van der Waals surface area contributed by atoms with Gasteiger partial charge in [0.15, 0.2) is 0 Å². The molecule has 0 amide bonds. The average molecular weight is 310 g/mol. The van der Waals surface area contributed by atoms with Crippen LogP contribution >= 0.6 is 0 Å². The molecule has 0 aromatic heterocycles. The Morgan fingerprint density at radius 3 is 2.29 bits per heavy atom. The summed E-state index contributed by atoms with van der Waals surface area (Å²) in [5, 5.41) is -0.196. The van der Waals surface area contributed by atoms with Crippen LogP contribution in [0.4, 0.5) is 0 Å². The van der Waals surface area contributed by atoms with Crippen LogP contribution in [0, 0.1) is 6.92 Å². The zero-order valence-corrected chi connectivity index (χ0v) is 14.0. The second kappa shape index (κ2) is 6.90. The standard InChI is InChI=1S/C16H26N2O2S/c1-13-8-10-14(11-9-13)16(18(2)3)12-17-21(19,20)15-6-4-5-7-15/h8-11,15-17H,4-7,12H2,1-3H3. The summed E-state index contributed by atoms with van der Waals surface area (Å²) in [4.78, 5) is 2.06. The van der Waals surface area contributed by atoms with Crippen LogP contribution in [0.5, 0.6) is 0 Å². The molecule has 0 heterocycles. The van der Waals surface area contributed by atoms with E-state index in [4.69, 9.17) is 0 Å². The highest BCUT2D eigenvalue weighted by Gasteiger charge is 2.29. The zero-order chi connectivity index (χ0) is 15.5. The van der Waals surface area contributed by atoms with E-state index >= 15 is 0 Å². The molecule has 1 aliphatic carbocycles. The Morgan fingerprint density at radius 2 is 1.76 bits per heavy atom. The summed E-state index contributed by atoms with van der Waals surface area (Å²) in [5.74, 6) is 0. The Balaban J connectivity index is 2.05. The molecule has 0 aliphatic heterocycles. The van der Waals surface area contributed by atoms with Crippen LogP contribution in [0.2, 0.25) is 0 Å². The smallest absolute Gasteiger partial charge is 0.214 e. The van der Waals surface area contributed by atoms with Gasteiger partial charge in [0, 0.05) is 12.6 Å². The lowest BCUT2D eigenvalue weighted by Gasteiger charge is -2.26. The lowest BCUT2D eigenvalue weighted by Crippen LogP contribution is -2.38. The molecule has 1 fully saturated rings. The van der Waals surface area contributed by atoms with Gasteiger partial charge in [-0.2, -0.15) is 0 Å². The van der Waals surface area contributed by atoms with Gasteiger partial charge in [0.2, 0.25) is 10.0 Å². The van der Waals surface area contributed by atoms with Gasteiger partial charge in [0.1, 0.15) is 0 Å². The maximum absolute atomic E-state index is 12.3. The highest BCUT2D eigenvalue weighted by molar-refractivity contribution is 7.90. The van der Waals surface area contributed by atoms with Gasteiger partial charge in [-0.25, -0.2) is 13.1 Å². The molecular formula is C16H26N2O2S. The topological polar surface area (TPSA) is 49.4 Å². The first-order valence-corrected chi connectivity index (χ1v) is 9.16. The number of nitrogens with zero attached hydrogens (tertiary/aromatic N) is 1. The maximum Gasteiger partial charge on any atom is 0.214 e. The first-order valence-electron chi connectivity index (χ1n) is 7.61. The summed E-state index contributed by atoms with van der Waals surface area (Å²) in [6, 6.07) is 8.34. The third kappa shape index (κ3) is 4.28. The quantitative estimate of drug-likeness (QED) is 0.878. The van der Waals surface area contributed by atoms with Crippen LogP contribution in [0.3, 0.4) is 0 Å². The number of aryl methyl sites for hydroxylation is 1. The minimum absolute atomic E-state index is 0.0572. The van der Waals surface area contributed by atoms with Crippen LogP contribution in [-0.2, 0) is 10.0 Å². The molecule has 0 saturated heterocycles. The van der Waals surface area contributed by atoms with Gasteiger partial charge in [-0.05, 0) is 39.4 Å². The van der Waals surface area contributed by atoms with E-state index in [9.17, 15) is 8.42 Å². The van der Waals surface area contributed by atoms with E-state index in [1.807, 2.05) is 14.1 Å². The summed E-state index contributed by atoms with van der Waals surface area (Å²) < 4.78 is 27.5. The van der Waals surface area contributed by atoms with Gasteiger partial charge in [-0.3, -0.25) is 0 Å². The van der Waals surface area contributed by atoms with Gasteiger partial charge in [0.05, 0.1) is 5.25 Å². The highest BCUT2D eigenvalue weighted by atomic mass is 32.2. The Morgan fingerprint density at radius 1 is 1.19 bits per heavy atom. The molecular weight excluding hydrogens is 284 g/mol. The minimum Gasteiger partial charge on any atom is -0.301 e. The maximum atomic E-state index is 12.3. The number of nitrogens with one attached hydrogen (secondary N) is 1. The van der Waals surface area contributed by atoms with E-state index < -0.39 is 10.0 Å². The van der Waals surface area contributed by atoms with E-state index in [0.717, 1.165) is 31.2 Å². The van der Waals surface area contributed by atoms with Gasteiger partial charge in [0.25, 0.3) is 0 Å². The van der Waals surface area contributed by atoms with E-state index in [1.54, 1.807) is 0 Å². The van der Waals surface area contributed by atoms with Crippen molar-refractivity contribution in [3.05, 3.63) is 35.4 Å². The molecule has 1 N–H and O–H groups in total. The molecule has 1 atom stereocenters. The molecule has 21 heavy (non-hydrogen) atoms. The summed E-state index contributed by atoms with van der Waals surface area (Å²) in [7, 11) is 0.780. The normalized spacial score (nSPS) is 18.3. The van der Waals surface area contributed by atoms with E-state index in [2.05, 4.69) is 40.8 Å². The SMILES string of the molecule is Cc1ccc(C(CNS(=O)(=O)C2CCCC2)N(C)C)cc1. The third-order valence-corrected chi connectivity index (χ3v) is 6.22. The van der Waals surface area contributed by atoms with Gasteiger partial charge < -0.3 is 4.90 Å². The third-order valence-electron chi connectivity index (χ3n) is 4.30. The average Bonchev–Trinajstić information content (AvgIpc) is 2.95. The van der Waals surface area contributed by atoms with Crippen LogP contribution in [0.15, 0.2) is 24.3 Å². The summed E-state index contributed by atoms with van der Waals surface area (Å²) >= 11 is 0. The lowest BCUT2D eigenvalue weighted by molar-refractivity contribution is 0.299. The molecule has 1 aromatic carbocycles. The van der Waals surface area contributed by atoms with Crippen molar-refractivity contribution in [1.29, 1.82) is 0 Å². The second-order valence-electron chi connectivity index (χ2n) is 6.19. The first kappa shape index (κ1) is 16.5. The number of hydrogen-bond donors (Lipinski definition) is 1. The van der Waals surface area contributed by atoms with Crippen molar-refractivity contribution >= 4 is 10.0 Å². The molecule has 0 radical (unpaired) electrons. The fraction of sp³-hybridized carbons (Fsp3) is 0.625. The fourth-order valence-corrected chi connectivity index (χ4v) is 4.48. The number of hydrogen-bond acceptors (Lipinski definition) is 3. The molecule has 2 rings (SSSR count). The van der Waals surface area contributed by atoms with Crippen LogP contribution < -0.4 is 4.72 Å². The van der Waals surface area contributed by atoms with E-state index in [-0.39, 0.29) is 11.3 Å². The number of benzene rings is 1. The molecule has 1 saturated carbocycles. The summed E-state index contributed by atoms with van der Waals surface area (Å²) in [6.07, 6.45) is 3.65. The van der Waals surface area contributed by atoms with E-state index in [0.29, 0.717) is 6.54 Å². The number of rotatable bonds is 6. The second-order valence-corrected chi connectivity index (χ2v) is 8.24. The molecule has 0 bridgehead atoms. The predicted octanol–water partition coefficient (Wildman–Crippen LogP) is 2.46. The van der Waals surface area contributed by atoms with Crippen molar-refractivity contribution < 1.29 is 8.42 Å². The minimum atomic E-state index is -3.18. The van der Waals surface area contributed by atoms with Gasteiger partial charge in [-0.15, -0.1) is 0 Å². The molecule has 4 nitrogen and oxygen atoms in total. The van der Waals surface area contributed by atoms with Crippen molar-refractivity contribution in [2.24, 2.45) is 0 Å². The molecule has 0 spiro atoms. The number of sulfonamides is 1. The fourth-order valence-electron chi connectivity index (χ4n) is 2.90. The van der Waals surface area contributed by atoms with Gasteiger partial charge >= 0.3 is 0 Å². The first-order chi connectivity index (χ1) is 9.90. The predicted molar refractivity (Wildman–Crippen MR) is 86.8 cm³/mol. The largest absolute Gasteiger partial charge is 0.301 e. The van der Waals surface area contributed by atoms with Crippen molar-refractivity contribution in [3.63, 3.8) is 0 Å². The zero-order valence-electron chi connectivity index (χ0n) is 13.2. The Hall–Kier alpha value is -0.910. The van der Waals surface area contributed by atoms with Crippen molar-refractivity contribution in [1.82, 2.24) is 9.62 Å². The van der Waals surface area contributed by atoms with Gasteiger partial charge in [-0.1, -0.05) is 42.7 Å². The van der Waals surface area contributed by atoms with Crippen molar-refractivity contribution in [2.75, 3.05) is 20.6 Å². The van der Waals surface area contributed by atoms with E-state index in [1.165, 1.54) is 5.56 Å². The molecule has 1 aliphatic rings. The molecule has 1 unspecified atom stereocenters. The Kier molecular flexibility index (Phi) is 5.41. The molecule has 1 aromatic rings. The summed E-state index contributed by atoms with van der Waals surface area (Å²) in [5.41, 5.74) is 2.35. The monoisotopic (exact) mass is 310 g/mol. The Bertz CT molecular complexity index is 546. The highest BCUT2D eigenvalue weighted by Crippen LogP contribution is 2.25. The van der Waals surface area contributed by atoms with Crippen LogP contribution in [0.25, 0.3) is 0 Å². The number of likely N-dealkylation sites (N-methyl/N-ethyl adjacent to an activating group) is 1. The lowest BCUT2D eigenvalue weighted by atomic mass is 10.0. The van der Waals surface area contributed by atoms with Crippen molar-refractivity contribution in [2.45, 2.75) is 43.9 Å². The Labute approximate surface area is 128 Å². The summed E-state index contributed by atoms with van der Waals surface area (Å²) in [6.45, 7) is 2.48. The van der Waals surface area contributed by atoms with Crippen LogP contribution in [-0.4, -0.2) is 39.2 Å². The molecule has 118 valence electrons. The van der Waals surface area contributed by atoms with Crippen LogP contribution in [0.1, 0.15) is 42.9 Å². The molecule has 5 heteroatoms.